The highest BCUT2D eigenvalue weighted by Crippen LogP contribution is 2.35. The molecular formula is C14H26N2O3. The van der Waals surface area contributed by atoms with Crippen molar-refractivity contribution in [2.45, 2.75) is 58.9 Å². The van der Waals surface area contributed by atoms with E-state index < -0.39 is 11.4 Å². The van der Waals surface area contributed by atoms with Crippen LogP contribution in [0.2, 0.25) is 0 Å². The van der Waals surface area contributed by atoms with Crippen molar-refractivity contribution in [1.29, 1.82) is 0 Å². The van der Waals surface area contributed by atoms with Crippen LogP contribution in [0, 0.1) is 5.41 Å². The van der Waals surface area contributed by atoms with Gasteiger partial charge in [0.15, 0.2) is 0 Å². The lowest BCUT2D eigenvalue weighted by Crippen LogP contribution is -2.53. The van der Waals surface area contributed by atoms with Crippen molar-refractivity contribution in [2.24, 2.45) is 5.41 Å². The van der Waals surface area contributed by atoms with Crippen LogP contribution in [0.15, 0.2) is 0 Å². The molecule has 1 aliphatic heterocycles. The van der Waals surface area contributed by atoms with Crippen molar-refractivity contribution < 1.29 is 14.7 Å². The first kappa shape index (κ1) is 15.8. The summed E-state index contributed by atoms with van der Waals surface area (Å²) >= 11 is 0. The SMILES string of the molecule is CCCC1(C(=O)O)CCCN(C(=O)NC(C)CC)C1. The fraction of sp³-hybridized carbons (Fsp3) is 0.857. The van der Waals surface area contributed by atoms with Crippen LogP contribution >= 0.6 is 0 Å². The van der Waals surface area contributed by atoms with E-state index >= 15 is 0 Å². The molecule has 1 saturated heterocycles. The Morgan fingerprint density at radius 2 is 2.11 bits per heavy atom. The van der Waals surface area contributed by atoms with Crippen molar-refractivity contribution >= 4 is 12.0 Å². The number of hydrogen-bond acceptors (Lipinski definition) is 2. The fourth-order valence-electron chi connectivity index (χ4n) is 2.67. The van der Waals surface area contributed by atoms with Gasteiger partial charge in [-0.1, -0.05) is 20.3 Å². The maximum atomic E-state index is 12.1. The number of carbonyl (C=O) groups is 2. The molecular weight excluding hydrogens is 244 g/mol. The monoisotopic (exact) mass is 270 g/mol. The van der Waals surface area contributed by atoms with Gasteiger partial charge in [-0.3, -0.25) is 4.79 Å². The summed E-state index contributed by atoms with van der Waals surface area (Å²) in [4.78, 5) is 25.3. The molecule has 110 valence electrons. The van der Waals surface area contributed by atoms with E-state index in [9.17, 15) is 14.7 Å². The number of hydrogen-bond donors (Lipinski definition) is 2. The molecule has 2 N–H and O–H groups in total. The summed E-state index contributed by atoms with van der Waals surface area (Å²) in [6.45, 7) is 6.94. The number of urea groups is 1. The van der Waals surface area contributed by atoms with Crippen molar-refractivity contribution in [3.63, 3.8) is 0 Å². The summed E-state index contributed by atoms with van der Waals surface area (Å²) in [5.74, 6) is -0.768. The third-order valence-corrected chi connectivity index (χ3v) is 4.03. The van der Waals surface area contributed by atoms with Gasteiger partial charge in [-0.15, -0.1) is 0 Å². The van der Waals surface area contributed by atoms with E-state index in [0.29, 0.717) is 25.9 Å². The third-order valence-electron chi connectivity index (χ3n) is 4.03. The van der Waals surface area contributed by atoms with Crippen LogP contribution in [0.4, 0.5) is 4.79 Å². The van der Waals surface area contributed by atoms with Gasteiger partial charge in [0.25, 0.3) is 0 Å². The van der Waals surface area contributed by atoms with Crippen molar-refractivity contribution in [3.8, 4) is 0 Å². The van der Waals surface area contributed by atoms with E-state index in [1.807, 2.05) is 20.8 Å². The minimum Gasteiger partial charge on any atom is -0.481 e. The highest BCUT2D eigenvalue weighted by atomic mass is 16.4. The molecule has 1 aliphatic rings. The molecule has 1 fully saturated rings. The summed E-state index contributed by atoms with van der Waals surface area (Å²) in [5, 5.41) is 12.4. The molecule has 2 amide bonds. The highest BCUT2D eigenvalue weighted by Gasteiger charge is 2.42. The Balaban J connectivity index is 2.71. The van der Waals surface area contributed by atoms with Gasteiger partial charge in [0.1, 0.15) is 0 Å². The molecule has 0 spiro atoms. The van der Waals surface area contributed by atoms with Crippen molar-refractivity contribution in [3.05, 3.63) is 0 Å². The first-order chi connectivity index (χ1) is 8.95. The number of nitrogens with zero attached hydrogens (tertiary/aromatic N) is 1. The van der Waals surface area contributed by atoms with E-state index in [1.165, 1.54) is 0 Å². The van der Waals surface area contributed by atoms with Crippen molar-refractivity contribution in [1.82, 2.24) is 10.2 Å². The molecule has 0 radical (unpaired) electrons. The van der Waals surface area contributed by atoms with E-state index in [1.54, 1.807) is 4.90 Å². The molecule has 2 atom stereocenters. The number of likely N-dealkylation sites (tertiary alicyclic amines) is 1. The maximum absolute atomic E-state index is 12.1. The van der Waals surface area contributed by atoms with Crippen molar-refractivity contribution in [2.75, 3.05) is 13.1 Å². The predicted molar refractivity (Wildman–Crippen MR) is 74.1 cm³/mol. The van der Waals surface area contributed by atoms with Gasteiger partial charge in [-0.25, -0.2) is 4.79 Å². The largest absolute Gasteiger partial charge is 0.481 e. The molecule has 5 heteroatoms. The Hall–Kier alpha value is -1.26. The molecule has 1 heterocycles. The first-order valence-electron chi connectivity index (χ1n) is 7.24. The third kappa shape index (κ3) is 3.85. The number of amides is 2. The lowest BCUT2D eigenvalue weighted by atomic mass is 9.76. The summed E-state index contributed by atoms with van der Waals surface area (Å²) in [6.07, 6.45) is 3.77. The van der Waals surface area contributed by atoms with Crippen LogP contribution in [-0.2, 0) is 4.79 Å². The number of nitrogens with one attached hydrogen (secondary N) is 1. The van der Waals surface area contributed by atoms with Crippen LogP contribution in [0.3, 0.4) is 0 Å². The van der Waals surface area contributed by atoms with Gasteiger partial charge in [0.05, 0.1) is 5.41 Å². The number of rotatable bonds is 5. The number of piperidine rings is 1. The second-order valence-corrected chi connectivity index (χ2v) is 5.62. The van der Waals surface area contributed by atoms with Gasteiger partial charge in [0, 0.05) is 19.1 Å². The van der Waals surface area contributed by atoms with Crippen LogP contribution in [-0.4, -0.2) is 41.1 Å². The minimum absolute atomic E-state index is 0.125. The Morgan fingerprint density at radius 1 is 1.42 bits per heavy atom. The molecule has 0 aromatic heterocycles. The van der Waals surface area contributed by atoms with Gasteiger partial charge in [0.2, 0.25) is 0 Å². The molecule has 0 bridgehead atoms. The van der Waals surface area contributed by atoms with E-state index in [4.69, 9.17) is 0 Å². The molecule has 19 heavy (non-hydrogen) atoms. The highest BCUT2D eigenvalue weighted by molar-refractivity contribution is 5.79. The predicted octanol–water partition coefficient (Wildman–Crippen LogP) is 2.46. The lowest BCUT2D eigenvalue weighted by molar-refractivity contribution is -0.152. The van der Waals surface area contributed by atoms with Gasteiger partial charge < -0.3 is 15.3 Å². The zero-order chi connectivity index (χ0) is 14.5. The van der Waals surface area contributed by atoms with E-state index in [2.05, 4.69) is 5.32 Å². The Labute approximate surface area is 115 Å². The van der Waals surface area contributed by atoms with Gasteiger partial charge in [-0.05, 0) is 32.6 Å². The molecule has 1 rings (SSSR count). The molecule has 0 aromatic rings. The summed E-state index contributed by atoms with van der Waals surface area (Å²) in [5.41, 5.74) is -0.750. The smallest absolute Gasteiger partial charge is 0.317 e. The zero-order valence-corrected chi connectivity index (χ0v) is 12.2. The van der Waals surface area contributed by atoms with Crippen LogP contribution in [0.25, 0.3) is 0 Å². The van der Waals surface area contributed by atoms with E-state index in [0.717, 1.165) is 19.3 Å². The Kier molecular flexibility index (Phi) is 5.63. The minimum atomic E-state index is -0.768. The normalized spacial score (nSPS) is 24.9. The second-order valence-electron chi connectivity index (χ2n) is 5.62. The van der Waals surface area contributed by atoms with Crippen LogP contribution in [0.1, 0.15) is 52.9 Å². The van der Waals surface area contributed by atoms with Crippen LogP contribution < -0.4 is 5.32 Å². The average molecular weight is 270 g/mol. The van der Waals surface area contributed by atoms with Gasteiger partial charge >= 0.3 is 12.0 Å². The first-order valence-corrected chi connectivity index (χ1v) is 7.24. The summed E-state index contributed by atoms with van der Waals surface area (Å²) < 4.78 is 0. The number of carboxylic acid groups (broad SMARTS) is 1. The molecule has 2 unspecified atom stereocenters. The number of carboxylic acids is 1. The average Bonchev–Trinajstić information content (AvgIpc) is 2.39. The zero-order valence-electron chi connectivity index (χ0n) is 12.2. The number of aliphatic carboxylic acids is 1. The molecule has 0 saturated carbocycles. The summed E-state index contributed by atoms with van der Waals surface area (Å²) in [6, 6.07) is -0.00407. The fourth-order valence-corrected chi connectivity index (χ4v) is 2.67. The Bertz CT molecular complexity index is 329. The second kappa shape index (κ2) is 6.78. The molecule has 0 aromatic carbocycles. The molecule has 0 aliphatic carbocycles. The standard InChI is InChI=1S/C14H26N2O3/c1-4-7-14(12(17)18)8-6-9-16(10-14)13(19)15-11(3)5-2/h11H,4-10H2,1-3H3,(H,15,19)(H,17,18). The van der Waals surface area contributed by atoms with Crippen LogP contribution in [0.5, 0.6) is 0 Å². The number of carbonyl (C=O) groups excluding carboxylic acids is 1. The lowest BCUT2D eigenvalue weighted by Gasteiger charge is -2.40. The topological polar surface area (TPSA) is 69.6 Å². The molecule has 5 nitrogen and oxygen atoms in total. The Morgan fingerprint density at radius 3 is 2.63 bits per heavy atom. The van der Waals surface area contributed by atoms with Gasteiger partial charge in [-0.2, -0.15) is 0 Å². The maximum Gasteiger partial charge on any atom is 0.317 e. The van der Waals surface area contributed by atoms with E-state index in [-0.39, 0.29) is 12.1 Å². The quantitative estimate of drug-likeness (QED) is 0.806. The summed E-state index contributed by atoms with van der Waals surface area (Å²) in [7, 11) is 0.